The first-order valence-corrected chi connectivity index (χ1v) is 0. The van der Waals surface area contributed by atoms with Crippen molar-refractivity contribution in [2.45, 2.75) is 0 Å². The Hall–Kier alpha value is 3.40. The predicted octanol–water partition coefficient (Wildman–Crippen LogP) is -0.769. The first kappa shape index (κ1) is 39.8. The molecule has 0 aromatic carbocycles. The van der Waals surface area contributed by atoms with Crippen LogP contribution >= 0.6 is 0 Å². The van der Waals surface area contributed by atoms with Crippen LogP contribution in [0.15, 0.2) is 0 Å². The zero-order valence-corrected chi connectivity index (χ0v) is 12.5. The molecule has 6 radical (unpaired) electrons. The normalized spacial score (nSPS) is 0. The molecule has 0 rings (SSSR count). The monoisotopic (exact) mass is 314 g/mol. The Morgan fingerprint density at radius 1 is 1.00 bits per heavy atom. The third kappa shape index (κ3) is 18.7. The summed E-state index contributed by atoms with van der Waals surface area (Å²) in [5.41, 5.74) is 0. The quantitative estimate of drug-likeness (QED) is 0.515. The van der Waals surface area contributed by atoms with E-state index in [-0.39, 0.29) is 105 Å². The van der Waals surface area contributed by atoms with Gasteiger partial charge in [-0.3, -0.25) is 0 Å². The molecule has 5 heavy (non-hydrogen) atoms. The molecule has 0 atom stereocenters. The van der Waals surface area contributed by atoms with Crippen LogP contribution < -0.4 is 0 Å². The summed E-state index contributed by atoms with van der Waals surface area (Å²) in [6.07, 6.45) is 0. The van der Waals surface area contributed by atoms with Gasteiger partial charge in [0.15, 0.2) is 0 Å². The molecule has 0 spiro atoms. The Labute approximate surface area is 103 Å². The Morgan fingerprint density at radius 3 is 1.00 bits per heavy atom. The third-order valence-electron chi connectivity index (χ3n) is 0. The van der Waals surface area contributed by atoms with Crippen molar-refractivity contribution in [3.63, 3.8) is 0 Å². The van der Waals surface area contributed by atoms with Crippen molar-refractivity contribution in [1.82, 2.24) is 0 Å². The molecule has 0 amide bonds. The molecule has 0 fully saturated rings. The van der Waals surface area contributed by atoms with Crippen molar-refractivity contribution in [2.24, 2.45) is 0 Å². The zero-order valence-electron chi connectivity index (χ0n) is 2.73. The molecule has 0 aromatic heterocycles. The van der Waals surface area contributed by atoms with E-state index in [9.17, 15) is 0 Å². The Bertz CT molecular complexity index is 11.6. The molecule has 5 heteroatoms. The molecule has 0 saturated heterocycles. The summed E-state index contributed by atoms with van der Waals surface area (Å²) in [6.45, 7) is 0. The maximum atomic E-state index is 0. The van der Waals surface area contributed by atoms with Gasteiger partial charge in [-0.05, 0) is 0 Å². The fraction of sp³-hybridized carbons (Fsp3) is 0. The van der Waals surface area contributed by atoms with Gasteiger partial charge in [0.2, 0.25) is 0 Å². The van der Waals surface area contributed by atoms with Crippen LogP contribution in [0.4, 0.5) is 0 Å². The SMILES string of the molecule is [Mg].[Ni].[Sn].[Ti].[Zn]. The first-order valence-electron chi connectivity index (χ1n) is 0. The van der Waals surface area contributed by atoms with Gasteiger partial charge in [-0.2, -0.15) is 0 Å². The summed E-state index contributed by atoms with van der Waals surface area (Å²) < 4.78 is 0. The van der Waals surface area contributed by atoms with Crippen molar-refractivity contribution < 1.29 is 57.7 Å². The fourth-order valence-corrected chi connectivity index (χ4v) is 0. The van der Waals surface area contributed by atoms with Crippen molar-refractivity contribution in [2.75, 3.05) is 0 Å². The minimum atomic E-state index is 0. The Kier molecular flexibility index (Phi) is 209. The molecule has 0 aliphatic carbocycles. The number of hydrogen-bond donors (Lipinski definition) is 0. The van der Waals surface area contributed by atoms with E-state index in [0.29, 0.717) is 0 Å². The molecule has 0 aliphatic heterocycles. The van der Waals surface area contributed by atoms with Crippen LogP contribution in [-0.4, -0.2) is 47.0 Å². The predicted molar refractivity (Wildman–Crippen MR) is 11.5 cm³/mol. The van der Waals surface area contributed by atoms with E-state index < -0.39 is 0 Å². The summed E-state index contributed by atoms with van der Waals surface area (Å²) >= 11 is 0. The number of hydrogen-bond acceptors (Lipinski definition) is 0. The van der Waals surface area contributed by atoms with Crippen molar-refractivity contribution >= 4 is 47.0 Å². The number of rotatable bonds is 0. The van der Waals surface area contributed by atoms with Crippen LogP contribution in [0.1, 0.15) is 0 Å². The second-order valence-electron chi connectivity index (χ2n) is 0. The van der Waals surface area contributed by atoms with Gasteiger partial charge >= 0.3 is 0 Å². The summed E-state index contributed by atoms with van der Waals surface area (Å²) in [4.78, 5) is 0. The second kappa shape index (κ2) is 26.2. The van der Waals surface area contributed by atoms with Crippen LogP contribution in [-0.2, 0) is 57.7 Å². The van der Waals surface area contributed by atoms with Crippen LogP contribution in [0.3, 0.4) is 0 Å². The topological polar surface area (TPSA) is 0 Å². The third-order valence-corrected chi connectivity index (χ3v) is 0. The van der Waals surface area contributed by atoms with E-state index in [1.807, 2.05) is 0 Å². The van der Waals surface area contributed by atoms with Gasteiger partial charge < -0.3 is 0 Å². The van der Waals surface area contributed by atoms with E-state index in [1.54, 1.807) is 0 Å². The van der Waals surface area contributed by atoms with Crippen LogP contribution in [0.5, 0.6) is 0 Å². The van der Waals surface area contributed by atoms with Gasteiger partial charge in [0.05, 0.1) is 0 Å². The smallest absolute Gasteiger partial charge is 0 e. The van der Waals surface area contributed by atoms with Crippen molar-refractivity contribution in [3.8, 4) is 0 Å². The molecule has 0 N–H and O–H groups in total. The molecule has 0 heterocycles. The summed E-state index contributed by atoms with van der Waals surface area (Å²) in [7, 11) is 0. The molecular formula is MgNiSnTiZn. The van der Waals surface area contributed by atoms with Crippen LogP contribution in [0.2, 0.25) is 0 Å². The van der Waals surface area contributed by atoms with E-state index in [2.05, 4.69) is 0 Å². The van der Waals surface area contributed by atoms with E-state index in [4.69, 9.17) is 0 Å². The summed E-state index contributed by atoms with van der Waals surface area (Å²) in [5.74, 6) is 0. The average molecular weight is 315 g/mol. The minimum absolute atomic E-state index is 0. The Morgan fingerprint density at radius 2 is 1.00 bits per heavy atom. The molecule has 22 valence electrons. The van der Waals surface area contributed by atoms with Gasteiger partial charge in [0.25, 0.3) is 0 Å². The van der Waals surface area contributed by atoms with E-state index >= 15 is 0 Å². The van der Waals surface area contributed by atoms with Crippen LogP contribution in [0.25, 0.3) is 0 Å². The van der Waals surface area contributed by atoms with Crippen molar-refractivity contribution in [1.29, 1.82) is 0 Å². The second-order valence-corrected chi connectivity index (χ2v) is 0. The van der Waals surface area contributed by atoms with Gasteiger partial charge in [-0.15, -0.1) is 0 Å². The van der Waals surface area contributed by atoms with Crippen LogP contribution in [0, 0.1) is 0 Å². The maximum Gasteiger partial charge on any atom is 0 e. The Balaban J connectivity index is 0. The van der Waals surface area contributed by atoms with E-state index in [0.717, 1.165) is 0 Å². The zero-order chi connectivity index (χ0) is 0. The van der Waals surface area contributed by atoms with Gasteiger partial charge in [-0.1, -0.05) is 0 Å². The molecule has 0 aromatic rings. The fourth-order valence-electron chi connectivity index (χ4n) is 0. The minimum Gasteiger partial charge on any atom is 0 e. The largest absolute Gasteiger partial charge is 0 e. The molecule has 0 nitrogen and oxygen atoms in total. The molecular weight excluding hydrogens is 315 g/mol. The summed E-state index contributed by atoms with van der Waals surface area (Å²) in [5, 5.41) is 0. The average Bonchev–Trinajstić information content (AvgIpc) is 0. The van der Waals surface area contributed by atoms with Gasteiger partial charge in [0, 0.05) is 105 Å². The first-order chi connectivity index (χ1) is 0. The molecule has 0 saturated carbocycles. The van der Waals surface area contributed by atoms with E-state index in [1.165, 1.54) is 0 Å². The summed E-state index contributed by atoms with van der Waals surface area (Å²) in [6, 6.07) is 0. The molecule has 0 bridgehead atoms. The van der Waals surface area contributed by atoms with Gasteiger partial charge in [-0.25, -0.2) is 0 Å². The molecule has 0 unspecified atom stereocenters. The van der Waals surface area contributed by atoms with Crippen molar-refractivity contribution in [3.05, 3.63) is 0 Å². The maximum absolute atomic E-state index is 0. The standard InChI is InChI=1S/Mg.Ni.Sn.Ti.Zn. The van der Waals surface area contributed by atoms with Gasteiger partial charge in [0.1, 0.15) is 0 Å². The molecule has 0 aliphatic rings.